The fourth-order valence-electron chi connectivity index (χ4n) is 2.94. The van der Waals surface area contributed by atoms with Gasteiger partial charge in [0.25, 0.3) is 5.91 Å². The molecule has 0 saturated carbocycles. The second-order valence-electron chi connectivity index (χ2n) is 6.48. The van der Waals surface area contributed by atoms with Crippen molar-refractivity contribution in [2.45, 2.75) is 26.7 Å². The van der Waals surface area contributed by atoms with Gasteiger partial charge in [0, 0.05) is 29.9 Å². The monoisotopic (exact) mass is 382 g/mol. The summed E-state index contributed by atoms with van der Waals surface area (Å²) in [4.78, 5) is 25.8. The molecule has 140 valence electrons. The second kappa shape index (κ2) is 8.18. The summed E-state index contributed by atoms with van der Waals surface area (Å²) in [6, 6.07) is 12.8. The van der Waals surface area contributed by atoms with Crippen molar-refractivity contribution in [1.29, 1.82) is 0 Å². The summed E-state index contributed by atoms with van der Waals surface area (Å²) in [7, 11) is 0. The van der Waals surface area contributed by atoms with Crippen LogP contribution in [0.5, 0.6) is 0 Å². The van der Waals surface area contributed by atoms with E-state index in [-0.39, 0.29) is 11.8 Å². The molecule has 0 bridgehead atoms. The highest BCUT2D eigenvalue weighted by Gasteiger charge is 2.21. The van der Waals surface area contributed by atoms with Crippen molar-refractivity contribution in [1.82, 2.24) is 10.9 Å². The Kier molecular flexibility index (Phi) is 5.71. The summed E-state index contributed by atoms with van der Waals surface area (Å²) < 4.78 is 0. The number of hydrazine groups is 1. The Hall–Kier alpha value is -2.93. The number of carbonyl (C=O) groups is 2. The van der Waals surface area contributed by atoms with Crippen LogP contribution in [0, 0.1) is 13.8 Å². The molecule has 0 atom stereocenters. The number of amides is 2. The van der Waals surface area contributed by atoms with Crippen molar-refractivity contribution >= 4 is 40.5 Å². The molecule has 0 aliphatic carbocycles. The number of rotatable bonds is 3. The van der Waals surface area contributed by atoms with Crippen LogP contribution in [0.1, 0.15) is 34.3 Å². The normalized spacial score (nSPS) is 13.4. The zero-order valence-electron chi connectivity index (χ0n) is 15.3. The minimum Gasteiger partial charge on any atom is -0.331 e. The molecular weight excluding hydrogens is 360 g/mol. The van der Waals surface area contributed by atoms with Crippen LogP contribution < -0.4 is 21.1 Å². The number of nitrogens with one attached hydrogen (secondary N) is 3. The van der Waals surface area contributed by atoms with Gasteiger partial charge in [0.15, 0.2) is 5.11 Å². The number of carbonyl (C=O) groups excluding carboxylic acids is 2. The highest BCUT2D eigenvalue weighted by atomic mass is 32.1. The average Bonchev–Trinajstić information content (AvgIpc) is 3.09. The third-order valence-electron chi connectivity index (χ3n) is 4.66. The Balaban J connectivity index is 1.55. The third-order valence-corrected chi connectivity index (χ3v) is 4.86. The predicted octanol–water partition coefficient (Wildman–Crippen LogP) is 3.06. The first-order valence-corrected chi connectivity index (χ1v) is 9.20. The Morgan fingerprint density at radius 1 is 1.07 bits per heavy atom. The fourth-order valence-corrected chi connectivity index (χ4v) is 3.10. The molecule has 27 heavy (non-hydrogen) atoms. The number of nitrogens with zero attached hydrogens (tertiary/aromatic N) is 1. The highest BCUT2D eigenvalue weighted by Crippen LogP contribution is 2.21. The molecule has 2 aromatic carbocycles. The van der Waals surface area contributed by atoms with E-state index in [0.29, 0.717) is 17.1 Å². The molecule has 2 aromatic rings. The van der Waals surface area contributed by atoms with Crippen molar-refractivity contribution < 1.29 is 9.59 Å². The lowest BCUT2D eigenvalue weighted by Crippen LogP contribution is -2.43. The third kappa shape index (κ3) is 4.43. The molecule has 0 spiro atoms. The molecule has 6 nitrogen and oxygen atoms in total. The van der Waals surface area contributed by atoms with E-state index < -0.39 is 0 Å². The first-order chi connectivity index (χ1) is 13.0. The predicted molar refractivity (Wildman–Crippen MR) is 111 cm³/mol. The van der Waals surface area contributed by atoms with Crippen LogP contribution in [-0.2, 0) is 4.79 Å². The molecule has 1 saturated heterocycles. The maximum Gasteiger partial charge on any atom is 0.269 e. The van der Waals surface area contributed by atoms with E-state index in [1.807, 2.05) is 32.0 Å². The Morgan fingerprint density at radius 3 is 2.48 bits per heavy atom. The Bertz CT molecular complexity index is 880. The standard InChI is InChI=1S/C20H22N4O2S/c1-13-5-3-6-17(14(13)2)21-20(27)23-22-19(26)15-8-10-16(11-9-15)24-12-4-7-18(24)25/h3,5-6,8-11H,4,7,12H2,1-2H3,(H,22,26)(H2,21,23,27). The molecule has 1 fully saturated rings. The molecule has 1 aliphatic rings. The van der Waals surface area contributed by atoms with Crippen molar-refractivity contribution in [3.8, 4) is 0 Å². The molecule has 0 radical (unpaired) electrons. The van der Waals surface area contributed by atoms with E-state index in [2.05, 4.69) is 16.2 Å². The van der Waals surface area contributed by atoms with Gasteiger partial charge in [0.2, 0.25) is 5.91 Å². The number of anilines is 2. The average molecular weight is 382 g/mol. The van der Waals surface area contributed by atoms with Crippen LogP contribution in [0.25, 0.3) is 0 Å². The summed E-state index contributed by atoms with van der Waals surface area (Å²) in [5.41, 5.74) is 9.72. The van der Waals surface area contributed by atoms with E-state index in [0.717, 1.165) is 35.5 Å². The molecular formula is C20H22N4O2S. The second-order valence-corrected chi connectivity index (χ2v) is 6.88. The van der Waals surface area contributed by atoms with Crippen molar-refractivity contribution in [2.24, 2.45) is 0 Å². The fraction of sp³-hybridized carbons (Fsp3) is 0.250. The van der Waals surface area contributed by atoms with Crippen molar-refractivity contribution in [2.75, 3.05) is 16.8 Å². The Morgan fingerprint density at radius 2 is 1.81 bits per heavy atom. The summed E-state index contributed by atoms with van der Waals surface area (Å²) in [6.45, 7) is 4.76. The minimum absolute atomic E-state index is 0.122. The topological polar surface area (TPSA) is 73.5 Å². The van der Waals surface area contributed by atoms with E-state index in [4.69, 9.17) is 12.2 Å². The summed E-state index contributed by atoms with van der Waals surface area (Å²) in [6.07, 6.45) is 1.45. The van der Waals surface area contributed by atoms with Gasteiger partial charge >= 0.3 is 0 Å². The molecule has 0 unspecified atom stereocenters. The molecule has 2 amide bonds. The number of benzene rings is 2. The highest BCUT2D eigenvalue weighted by molar-refractivity contribution is 7.80. The van der Waals surface area contributed by atoms with Gasteiger partial charge < -0.3 is 10.2 Å². The Labute approximate surface area is 163 Å². The van der Waals surface area contributed by atoms with Crippen molar-refractivity contribution in [3.63, 3.8) is 0 Å². The lowest BCUT2D eigenvalue weighted by molar-refractivity contribution is -0.117. The molecule has 0 aromatic heterocycles. The number of aryl methyl sites for hydroxylation is 1. The van der Waals surface area contributed by atoms with Gasteiger partial charge in [-0.2, -0.15) is 0 Å². The van der Waals surface area contributed by atoms with Gasteiger partial charge in [-0.05, 0) is 73.9 Å². The van der Waals surface area contributed by atoms with Crippen LogP contribution in [0.3, 0.4) is 0 Å². The van der Waals surface area contributed by atoms with E-state index in [9.17, 15) is 9.59 Å². The zero-order valence-corrected chi connectivity index (χ0v) is 16.2. The van der Waals surface area contributed by atoms with E-state index >= 15 is 0 Å². The van der Waals surface area contributed by atoms with Crippen LogP contribution in [0.15, 0.2) is 42.5 Å². The molecule has 1 heterocycles. The summed E-state index contributed by atoms with van der Waals surface area (Å²) in [5, 5.41) is 3.37. The quantitative estimate of drug-likeness (QED) is 0.562. The van der Waals surface area contributed by atoms with Gasteiger partial charge in [-0.1, -0.05) is 12.1 Å². The van der Waals surface area contributed by atoms with Crippen molar-refractivity contribution in [3.05, 3.63) is 59.2 Å². The maximum absolute atomic E-state index is 12.3. The largest absolute Gasteiger partial charge is 0.331 e. The van der Waals surface area contributed by atoms with Crippen LogP contribution in [0.2, 0.25) is 0 Å². The summed E-state index contributed by atoms with van der Waals surface area (Å²) >= 11 is 5.23. The lowest BCUT2D eigenvalue weighted by atomic mass is 10.1. The number of hydrogen-bond donors (Lipinski definition) is 3. The van der Waals surface area contributed by atoms with Gasteiger partial charge in [-0.25, -0.2) is 0 Å². The molecule has 7 heteroatoms. The van der Waals surface area contributed by atoms with E-state index in [1.54, 1.807) is 29.2 Å². The van der Waals surface area contributed by atoms with Gasteiger partial charge in [0.1, 0.15) is 0 Å². The molecule has 1 aliphatic heterocycles. The zero-order chi connectivity index (χ0) is 19.4. The number of thiocarbonyl (C=S) groups is 1. The van der Waals surface area contributed by atoms with Gasteiger partial charge in [-0.15, -0.1) is 0 Å². The first kappa shape index (κ1) is 18.8. The van der Waals surface area contributed by atoms with Crippen LogP contribution in [-0.4, -0.2) is 23.5 Å². The van der Waals surface area contributed by atoms with Crippen LogP contribution >= 0.6 is 12.2 Å². The van der Waals surface area contributed by atoms with Crippen LogP contribution in [0.4, 0.5) is 11.4 Å². The maximum atomic E-state index is 12.3. The molecule has 3 N–H and O–H groups in total. The lowest BCUT2D eigenvalue weighted by Gasteiger charge is -2.16. The summed E-state index contributed by atoms with van der Waals surface area (Å²) in [5.74, 6) is -0.184. The number of hydrogen-bond acceptors (Lipinski definition) is 3. The smallest absolute Gasteiger partial charge is 0.269 e. The molecule has 3 rings (SSSR count). The van der Waals surface area contributed by atoms with Gasteiger partial charge in [-0.3, -0.25) is 20.4 Å². The SMILES string of the molecule is Cc1cccc(NC(=S)NNC(=O)c2ccc(N3CCCC3=O)cc2)c1C. The minimum atomic E-state index is -0.306. The van der Waals surface area contributed by atoms with E-state index in [1.165, 1.54) is 0 Å². The first-order valence-electron chi connectivity index (χ1n) is 8.79. The van der Waals surface area contributed by atoms with Gasteiger partial charge in [0.05, 0.1) is 0 Å².